The van der Waals surface area contributed by atoms with Crippen molar-refractivity contribution in [2.45, 2.75) is 25.4 Å². The fraction of sp³-hybridized carbons (Fsp3) is 0.545. The van der Waals surface area contributed by atoms with E-state index in [4.69, 9.17) is 1.37 Å². The van der Waals surface area contributed by atoms with E-state index in [1.165, 1.54) is 6.20 Å². The third kappa shape index (κ3) is 2.28. The van der Waals surface area contributed by atoms with Gasteiger partial charge in [-0.05, 0) is 25.3 Å². The number of rotatable bonds is 1. The summed E-state index contributed by atoms with van der Waals surface area (Å²) in [6.07, 6.45) is -0.800. The van der Waals surface area contributed by atoms with Gasteiger partial charge in [-0.3, -0.25) is 4.98 Å². The van der Waals surface area contributed by atoms with Crippen LogP contribution in [0.15, 0.2) is 18.5 Å². The Morgan fingerprint density at radius 3 is 2.81 bits per heavy atom. The van der Waals surface area contributed by atoms with Crippen molar-refractivity contribution < 1.29 is 14.5 Å². The number of halogens is 3. The molecule has 0 spiro atoms. The summed E-state index contributed by atoms with van der Waals surface area (Å²) < 4.78 is 46.0. The monoisotopic (exact) mass is 231 g/mol. The van der Waals surface area contributed by atoms with E-state index in [-0.39, 0.29) is 12.1 Å². The standard InChI is InChI=1S/C11H13F3N2/c12-11(13,14)9-4-5-15-8-10(9)16-6-2-1-3-7-16/h4-5,8H,1-3,6-7H2/i2D/t2-/m1/s1. The van der Waals surface area contributed by atoms with Crippen LogP contribution in [0.2, 0.25) is 0 Å². The van der Waals surface area contributed by atoms with Gasteiger partial charge in [-0.1, -0.05) is 0 Å². The molecule has 1 fully saturated rings. The highest BCUT2D eigenvalue weighted by Crippen LogP contribution is 2.36. The number of piperidine rings is 1. The van der Waals surface area contributed by atoms with Crippen LogP contribution in [0.5, 0.6) is 0 Å². The lowest BCUT2D eigenvalue weighted by molar-refractivity contribution is -0.137. The Bertz CT molecular complexity index is 395. The topological polar surface area (TPSA) is 16.1 Å². The van der Waals surface area contributed by atoms with E-state index >= 15 is 0 Å². The molecule has 0 N–H and O–H groups in total. The molecule has 16 heavy (non-hydrogen) atoms. The first kappa shape index (κ1) is 9.93. The molecule has 1 aromatic heterocycles. The summed E-state index contributed by atoms with van der Waals surface area (Å²) >= 11 is 0. The smallest absolute Gasteiger partial charge is 0.370 e. The molecule has 1 aromatic rings. The third-order valence-corrected chi connectivity index (χ3v) is 2.63. The predicted octanol–water partition coefficient (Wildman–Crippen LogP) is 3.09. The quantitative estimate of drug-likeness (QED) is 0.738. The molecular weight excluding hydrogens is 217 g/mol. The molecule has 0 aliphatic carbocycles. The number of hydrogen-bond acceptors (Lipinski definition) is 2. The lowest BCUT2D eigenvalue weighted by atomic mass is 10.1. The van der Waals surface area contributed by atoms with Gasteiger partial charge >= 0.3 is 6.18 Å². The maximum absolute atomic E-state index is 12.8. The molecule has 1 aliphatic heterocycles. The highest BCUT2D eigenvalue weighted by molar-refractivity contribution is 5.53. The van der Waals surface area contributed by atoms with Gasteiger partial charge in [0.05, 0.1) is 17.4 Å². The Kier molecular flexibility index (Phi) is 2.68. The van der Waals surface area contributed by atoms with E-state index in [1.54, 1.807) is 4.90 Å². The number of pyridine rings is 1. The molecule has 1 aliphatic rings. The molecule has 0 saturated carbocycles. The van der Waals surface area contributed by atoms with E-state index in [2.05, 4.69) is 4.98 Å². The van der Waals surface area contributed by atoms with Crippen LogP contribution in [0.4, 0.5) is 18.9 Å². The molecule has 88 valence electrons. The number of hydrogen-bond donors (Lipinski definition) is 0. The minimum absolute atomic E-state index is 0.0944. The van der Waals surface area contributed by atoms with E-state index in [0.717, 1.165) is 25.1 Å². The van der Waals surface area contributed by atoms with Gasteiger partial charge in [0.15, 0.2) is 0 Å². The van der Waals surface area contributed by atoms with E-state index in [1.807, 2.05) is 0 Å². The zero-order chi connectivity index (χ0) is 12.5. The van der Waals surface area contributed by atoms with Crippen LogP contribution in [-0.2, 0) is 6.18 Å². The zero-order valence-electron chi connectivity index (χ0n) is 9.67. The first-order chi connectivity index (χ1) is 7.98. The van der Waals surface area contributed by atoms with E-state index in [9.17, 15) is 13.2 Å². The molecule has 1 saturated heterocycles. The average molecular weight is 231 g/mol. The number of nitrogens with zero attached hydrogens (tertiary/aromatic N) is 2. The van der Waals surface area contributed by atoms with E-state index < -0.39 is 11.7 Å². The van der Waals surface area contributed by atoms with Crippen molar-refractivity contribution in [2.75, 3.05) is 18.0 Å². The second-order valence-electron chi connectivity index (χ2n) is 3.77. The molecule has 0 amide bonds. The highest BCUT2D eigenvalue weighted by Gasteiger charge is 2.35. The first-order valence-corrected chi connectivity index (χ1v) is 5.17. The minimum Gasteiger partial charge on any atom is -0.370 e. The second-order valence-corrected chi connectivity index (χ2v) is 3.77. The van der Waals surface area contributed by atoms with Gasteiger partial charge in [-0.25, -0.2) is 0 Å². The van der Waals surface area contributed by atoms with Crippen LogP contribution in [-0.4, -0.2) is 18.1 Å². The second kappa shape index (κ2) is 4.31. The first-order valence-electron chi connectivity index (χ1n) is 5.74. The molecule has 2 heterocycles. The van der Waals surface area contributed by atoms with Crippen molar-refractivity contribution in [3.8, 4) is 0 Å². The summed E-state index contributed by atoms with van der Waals surface area (Å²) in [5, 5.41) is 0. The minimum atomic E-state index is -4.37. The molecule has 2 rings (SSSR count). The zero-order valence-corrected chi connectivity index (χ0v) is 8.67. The van der Waals surface area contributed by atoms with Crippen molar-refractivity contribution in [1.29, 1.82) is 0 Å². The Morgan fingerprint density at radius 1 is 1.31 bits per heavy atom. The van der Waals surface area contributed by atoms with Crippen LogP contribution in [0.1, 0.15) is 26.2 Å². The van der Waals surface area contributed by atoms with Crippen molar-refractivity contribution in [1.82, 2.24) is 4.98 Å². The normalized spacial score (nSPS) is 23.1. The molecule has 0 unspecified atom stereocenters. The molecule has 5 heteroatoms. The summed E-state index contributed by atoms with van der Waals surface area (Å²) in [5.41, 5.74) is -0.571. The van der Waals surface area contributed by atoms with Crippen LogP contribution in [0.3, 0.4) is 0 Å². The lowest BCUT2D eigenvalue weighted by Crippen LogP contribution is -2.31. The van der Waals surface area contributed by atoms with Crippen LogP contribution in [0, 0.1) is 0 Å². The van der Waals surface area contributed by atoms with E-state index in [0.29, 0.717) is 13.1 Å². The maximum atomic E-state index is 12.8. The van der Waals surface area contributed by atoms with Gasteiger partial charge in [-0.2, -0.15) is 13.2 Å². The lowest BCUT2D eigenvalue weighted by Gasteiger charge is -2.30. The fourth-order valence-corrected chi connectivity index (χ4v) is 1.86. The summed E-state index contributed by atoms with van der Waals surface area (Å²) in [5.74, 6) is 0. The molecular formula is C11H13F3N2. The van der Waals surface area contributed by atoms with Gasteiger partial charge in [0.1, 0.15) is 0 Å². The third-order valence-electron chi connectivity index (χ3n) is 2.63. The molecule has 0 bridgehead atoms. The predicted molar refractivity (Wildman–Crippen MR) is 55.3 cm³/mol. The van der Waals surface area contributed by atoms with Crippen molar-refractivity contribution >= 4 is 5.69 Å². The van der Waals surface area contributed by atoms with Crippen LogP contribution in [0.25, 0.3) is 0 Å². The average Bonchev–Trinajstić information content (AvgIpc) is 2.28. The summed E-state index contributed by atoms with van der Waals surface area (Å²) in [4.78, 5) is 5.36. The number of anilines is 1. The fourth-order valence-electron chi connectivity index (χ4n) is 1.86. The number of alkyl halides is 3. The maximum Gasteiger partial charge on any atom is 0.418 e. The van der Waals surface area contributed by atoms with Gasteiger partial charge in [0.25, 0.3) is 0 Å². The summed E-state index contributed by atoms with van der Waals surface area (Å²) in [7, 11) is 0. The Hall–Kier alpha value is -1.26. The molecule has 2 nitrogen and oxygen atoms in total. The molecule has 0 aromatic carbocycles. The highest BCUT2D eigenvalue weighted by atomic mass is 19.4. The Labute approximate surface area is 93.5 Å². The molecule has 0 radical (unpaired) electrons. The summed E-state index contributed by atoms with van der Waals surface area (Å²) in [6, 6.07) is 0.989. The van der Waals surface area contributed by atoms with Gasteiger partial charge in [0, 0.05) is 20.7 Å². The van der Waals surface area contributed by atoms with Gasteiger partial charge in [0.2, 0.25) is 0 Å². The van der Waals surface area contributed by atoms with Crippen molar-refractivity contribution in [2.24, 2.45) is 0 Å². The SMILES string of the molecule is [2H][C@@H]1CCCN(c2cnccc2C(F)(F)F)C1. The van der Waals surface area contributed by atoms with Crippen molar-refractivity contribution in [3.05, 3.63) is 24.0 Å². The Morgan fingerprint density at radius 2 is 2.12 bits per heavy atom. The molecule has 1 atom stereocenters. The van der Waals surface area contributed by atoms with Crippen LogP contribution < -0.4 is 4.90 Å². The number of aromatic nitrogens is 1. The van der Waals surface area contributed by atoms with Crippen molar-refractivity contribution in [3.63, 3.8) is 0 Å². The Balaban J connectivity index is 2.31. The summed E-state index contributed by atoms with van der Waals surface area (Å²) in [6.45, 7) is 0.902. The van der Waals surface area contributed by atoms with Gasteiger partial charge < -0.3 is 4.90 Å². The van der Waals surface area contributed by atoms with Crippen LogP contribution >= 0.6 is 0 Å². The van der Waals surface area contributed by atoms with Gasteiger partial charge in [-0.15, -0.1) is 0 Å². The largest absolute Gasteiger partial charge is 0.418 e.